The maximum atomic E-state index is 13.8. The van der Waals surface area contributed by atoms with Crippen LogP contribution in [-0.4, -0.2) is 53.1 Å². The van der Waals surface area contributed by atoms with E-state index in [4.69, 9.17) is 10.3 Å². The number of nitrogens with one attached hydrogen (secondary N) is 1. The van der Waals surface area contributed by atoms with E-state index in [1.54, 1.807) is 18.5 Å². The molecule has 2 aromatic carbocycles. The highest BCUT2D eigenvalue weighted by Crippen LogP contribution is 2.41. The zero-order valence-corrected chi connectivity index (χ0v) is 24.3. The predicted molar refractivity (Wildman–Crippen MR) is 153 cm³/mol. The Kier molecular flexibility index (Phi) is 11.3. The minimum Gasteiger partial charge on any atom is -0.355 e. The number of alkyl halides is 3. The molecule has 13 heteroatoms. The fourth-order valence-corrected chi connectivity index (χ4v) is 5.97. The molecule has 0 bridgehead atoms. The van der Waals surface area contributed by atoms with Crippen molar-refractivity contribution in [2.45, 2.75) is 49.8 Å². The van der Waals surface area contributed by atoms with Gasteiger partial charge in [-0.3, -0.25) is 14.3 Å². The van der Waals surface area contributed by atoms with Crippen LogP contribution in [0.1, 0.15) is 42.5 Å². The van der Waals surface area contributed by atoms with E-state index in [0.717, 1.165) is 40.3 Å². The standard InChI is InChI=1S/C28H33F3N4O4S2/c1-19-17-33-14-12-23(19)22-9-7-8-21(16-22)20(2)35(40-26-11-4-3-10-24(26)28(29,30)31)15-6-5-13-34-27(36)25(32)18-41(37,38)39/h3-4,7-12,14,16-17,20,25H,5-6,13,15,18,32H2,1-2H3,(H,34,36)(H,37,38,39)/t20-,25-/m0/s1. The molecule has 0 aliphatic heterocycles. The van der Waals surface area contributed by atoms with E-state index in [0.29, 0.717) is 19.4 Å². The fraction of sp³-hybridized carbons (Fsp3) is 0.357. The molecular weight excluding hydrogens is 577 g/mol. The zero-order chi connectivity index (χ0) is 30.2. The summed E-state index contributed by atoms with van der Waals surface area (Å²) in [5.41, 5.74) is 8.69. The lowest BCUT2D eigenvalue weighted by molar-refractivity contribution is -0.139. The number of carbonyl (C=O) groups is 1. The number of nitrogens with two attached hydrogens (primary N) is 1. The quantitative estimate of drug-likeness (QED) is 0.136. The van der Waals surface area contributed by atoms with Crippen LogP contribution < -0.4 is 11.1 Å². The third kappa shape index (κ3) is 9.82. The molecule has 41 heavy (non-hydrogen) atoms. The van der Waals surface area contributed by atoms with Crippen LogP contribution in [0.5, 0.6) is 0 Å². The summed E-state index contributed by atoms with van der Waals surface area (Å²) in [4.78, 5) is 16.2. The average molecular weight is 611 g/mol. The molecular formula is C28H33F3N4O4S2. The van der Waals surface area contributed by atoms with Gasteiger partial charge in [-0.1, -0.05) is 30.3 Å². The first-order valence-corrected chi connectivity index (χ1v) is 15.2. The van der Waals surface area contributed by atoms with Gasteiger partial charge < -0.3 is 11.1 Å². The van der Waals surface area contributed by atoms with E-state index in [1.807, 2.05) is 48.5 Å². The molecule has 3 aromatic rings. The van der Waals surface area contributed by atoms with Gasteiger partial charge in [0.1, 0.15) is 6.04 Å². The molecule has 8 nitrogen and oxygen atoms in total. The van der Waals surface area contributed by atoms with Gasteiger partial charge in [0.2, 0.25) is 5.91 Å². The Balaban J connectivity index is 1.77. The van der Waals surface area contributed by atoms with Crippen molar-refractivity contribution < 1.29 is 30.9 Å². The van der Waals surface area contributed by atoms with Crippen LogP contribution in [0.25, 0.3) is 11.1 Å². The summed E-state index contributed by atoms with van der Waals surface area (Å²) in [7, 11) is -4.40. The average Bonchev–Trinajstić information content (AvgIpc) is 2.90. The first-order chi connectivity index (χ1) is 19.3. The fourth-order valence-electron chi connectivity index (χ4n) is 4.19. The van der Waals surface area contributed by atoms with Gasteiger partial charge in [0.25, 0.3) is 10.1 Å². The number of benzene rings is 2. The Morgan fingerprint density at radius 1 is 1.15 bits per heavy atom. The van der Waals surface area contributed by atoms with E-state index < -0.39 is 39.6 Å². The van der Waals surface area contributed by atoms with Crippen LogP contribution in [0, 0.1) is 6.92 Å². The Morgan fingerprint density at radius 3 is 2.56 bits per heavy atom. The molecule has 0 unspecified atom stereocenters. The maximum absolute atomic E-state index is 13.8. The van der Waals surface area contributed by atoms with E-state index >= 15 is 0 Å². The number of aryl methyl sites for hydroxylation is 1. The number of halogens is 3. The van der Waals surface area contributed by atoms with E-state index in [-0.39, 0.29) is 17.5 Å². The summed E-state index contributed by atoms with van der Waals surface area (Å²) in [6.45, 7) is 4.46. The summed E-state index contributed by atoms with van der Waals surface area (Å²) in [6, 6.07) is 13.5. The van der Waals surface area contributed by atoms with E-state index in [2.05, 4.69) is 10.3 Å². The van der Waals surface area contributed by atoms with Crippen molar-refractivity contribution >= 4 is 28.0 Å². The second-order valence-electron chi connectivity index (χ2n) is 9.57. The number of pyridine rings is 1. The minimum atomic E-state index is -4.51. The van der Waals surface area contributed by atoms with Crippen LogP contribution >= 0.6 is 11.9 Å². The summed E-state index contributed by atoms with van der Waals surface area (Å²) < 4.78 is 73.9. The Hall–Kier alpha value is -2.97. The van der Waals surface area contributed by atoms with Gasteiger partial charge in [0, 0.05) is 36.4 Å². The first-order valence-electron chi connectivity index (χ1n) is 12.9. The minimum absolute atomic E-state index is 0.0810. The maximum Gasteiger partial charge on any atom is 0.417 e. The topological polar surface area (TPSA) is 126 Å². The van der Waals surface area contributed by atoms with E-state index in [9.17, 15) is 26.4 Å². The van der Waals surface area contributed by atoms with Crippen LogP contribution in [0.3, 0.4) is 0 Å². The molecule has 0 spiro atoms. The summed E-state index contributed by atoms with van der Waals surface area (Å²) in [5.74, 6) is -1.61. The van der Waals surface area contributed by atoms with Gasteiger partial charge in [-0.25, -0.2) is 4.31 Å². The second kappa shape index (κ2) is 14.3. The van der Waals surface area contributed by atoms with Gasteiger partial charge in [-0.15, -0.1) is 0 Å². The lowest BCUT2D eigenvalue weighted by Crippen LogP contribution is -2.45. The number of hydrogen-bond acceptors (Lipinski definition) is 7. The molecule has 0 saturated heterocycles. The molecule has 1 heterocycles. The van der Waals surface area contributed by atoms with Gasteiger partial charge in [-0.2, -0.15) is 21.6 Å². The van der Waals surface area contributed by atoms with Gasteiger partial charge in [0.15, 0.2) is 0 Å². The third-order valence-corrected chi connectivity index (χ3v) is 8.44. The van der Waals surface area contributed by atoms with Crippen molar-refractivity contribution in [1.82, 2.24) is 14.6 Å². The Morgan fingerprint density at radius 2 is 1.88 bits per heavy atom. The molecule has 3 rings (SSSR count). The second-order valence-corrected chi connectivity index (χ2v) is 12.2. The number of hydrogen-bond donors (Lipinski definition) is 3. The largest absolute Gasteiger partial charge is 0.417 e. The molecule has 4 N–H and O–H groups in total. The lowest BCUT2D eigenvalue weighted by atomic mass is 9.98. The molecule has 0 aliphatic rings. The van der Waals surface area contributed by atoms with E-state index in [1.165, 1.54) is 12.1 Å². The van der Waals surface area contributed by atoms with Crippen LogP contribution in [-0.2, 0) is 21.1 Å². The molecule has 222 valence electrons. The molecule has 0 fully saturated rings. The van der Waals surface area contributed by atoms with Crippen LogP contribution in [0.4, 0.5) is 13.2 Å². The molecule has 1 amide bonds. The molecule has 1 aromatic heterocycles. The van der Waals surface area contributed by atoms with Crippen LogP contribution in [0.15, 0.2) is 71.9 Å². The van der Waals surface area contributed by atoms with Crippen molar-refractivity contribution in [3.8, 4) is 11.1 Å². The monoisotopic (exact) mass is 610 g/mol. The van der Waals surface area contributed by atoms with Gasteiger partial charge in [-0.05, 0) is 85.2 Å². The van der Waals surface area contributed by atoms with Gasteiger partial charge >= 0.3 is 6.18 Å². The smallest absolute Gasteiger partial charge is 0.355 e. The third-order valence-electron chi connectivity index (χ3n) is 6.37. The zero-order valence-electron chi connectivity index (χ0n) is 22.6. The van der Waals surface area contributed by atoms with Crippen molar-refractivity contribution in [3.63, 3.8) is 0 Å². The van der Waals surface area contributed by atoms with Crippen LogP contribution in [0.2, 0.25) is 0 Å². The summed E-state index contributed by atoms with van der Waals surface area (Å²) >= 11 is 1.03. The summed E-state index contributed by atoms with van der Waals surface area (Å²) in [5, 5.41) is 2.53. The number of unbranched alkanes of at least 4 members (excludes halogenated alkanes) is 1. The number of carbonyl (C=O) groups excluding carboxylic acids is 1. The van der Waals surface area contributed by atoms with Crippen molar-refractivity contribution in [3.05, 3.63) is 83.7 Å². The number of aromatic nitrogens is 1. The Labute approximate surface area is 242 Å². The Bertz CT molecular complexity index is 1440. The highest BCUT2D eigenvalue weighted by atomic mass is 32.2. The summed E-state index contributed by atoms with van der Waals surface area (Å²) in [6.07, 6.45) is -0.0464. The molecule has 0 aliphatic carbocycles. The normalized spacial score (nSPS) is 13.7. The number of nitrogens with zero attached hydrogens (tertiary/aromatic N) is 2. The molecule has 0 radical (unpaired) electrons. The first kappa shape index (κ1) is 32.5. The highest BCUT2D eigenvalue weighted by Gasteiger charge is 2.34. The molecule has 0 saturated carbocycles. The highest BCUT2D eigenvalue weighted by molar-refractivity contribution is 7.97. The van der Waals surface area contributed by atoms with Crippen molar-refractivity contribution in [2.24, 2.45) is 5.73 Å². The SMILES string of the molecule is Cc1cnccc1-c1cccc([C@H](C)N(CCCCNC(=O)[C@@H](N)CS(=O)(=O)O)Sc2ccccc2C(F)(F)F)c1. The van der Waals surface area contributed by atoms with Crippen molar-refractivity contribution in [1.29, 1.82) is 0 Å². The van der Waals surface area contributed by atoms with Gasteiger partial charge in [0.05, 0.1) is 11.3 Å². The lowest BCUT2D eigenvalue weighted by Gasteiger charge is -2.29. The predicted octanol–water partition coefficient (Wildman–Crippen LogP) is 5.26. The number of rotatable bonds is 13. The number of amides is 1. The van der Waals surface area contributed by atoms with Crippen molar-refractivity contribution in [2.75, 3.05) is 18.8 Å². The molecule has 2 atom stereocenters.